The van der Waals surface area contributed by atoms with Crippen molar-refractivity contribution >= 4 is 11.7 Å². The van der Waals surface area contributed by atoms with E-state index in [1.165, 1.54) is 0 Å². The van der Waals surface area contributed by atoms with Gasteiger partial charge in [-0.3, -0.25) is 9.89 Å². The first-order valence-electron chi connectivity index (χ1n) is 9.68. The number of H-pyrrole nitrogens is 1. The molecule has 3 heterocycles. The van der Waals surface area contributed by atoms with Crippen molar-refractivity contribution in [2.24, 2.45) is 0 Å². The Hall–Kier alpha value is -3.42. The molecule has 0 spiro atoms. The van der Waals surface area contributed by atoms with E-state index in [1.807, 2.05) is 61.5 Å². The van der Waals surface area contributed by atoms with Gasteiger partial charge in [0, 0.05) is 32.3 Å². The van der Waals surface area contributed by atoms with Crippen LogP contribution in [-0.2, 0) is 0 Å². The fourth-order valence-electron chi connectivity index (χ4n) is 3.36. The first-order valence-corrected chi connectivity index (χ1v) is 9.68. The zero-order valence-corrected chi connectivity index (χ0v) is 16.6. The van der Waals surface area contributed by atoms with Crippen molar-refractivity contribution < 1.29 is 9.53 Å². The van der Waals surface area contributed by atoms with Crippen LogP contribution >= 0.6 is 0 Å². The molecule has 1 aliphatic heterocycles. The number of rotatable bonds is 5. The molecule has 4 rings (SSSR count). The molecule has 1 atom stereocenters. The first-order chi connectivity index (χ1) is 14.1. The molecule has 1 amide bonds. The molecule has 1 N–H and O–H groups in total. The number of aromatic amines is 1. The lowest BCUT2D eigenvalue weighted by atomic mass is 10.1. The lowest BCUT2D eigenvalue weighted by molar-refractivity contribution is 0.0520. The Bertz CT molecular complexity index is 955. The molecule has 150 valence electrons. The van der Waals surface area contributed by atoms with Crippen LogP contribution in [0, 0.1) is 0 Å². The molecular weight excluding hydrogens is 368 g/mol. The van der Waals surface area contributed by atoms with Crippen LogP contribution in [-0.4, -0.2) is 64.5 Å². The summed E-state index contributed by atoms with van der Waals surface area (Å²) in [6, 6.07) is 15.3. The third kappa shape index (κ3) is 4.37. The molecule has 0 aliphatic carbocycles. The maximum atomic E-state index is 12.9. The molecular formula is C21H24N6O2. The number of carbonyl (C=O) groups is 1. The van der Waals surface area contributed by atoms with E-state index < -0.39 is 0 Å². The number of carbonyl (C=O) groups excluding carboxylic acids is 1. The van der Waals surface area contributed by atoms with Gasteiger partial charge in [-0.25, -0.2) is 0 Å². The number of piperidine rings is 1. The maximum Gasteiger partial charge on any atom is 0.272 e. The monoisotopic (exact) mass is 392 g/mol. The lowest BCUT2D eigenvalue weighted by Crippen LogP contribution is -2.44. The molecule has 2 aromatic heterocycles. The van der Waals surface area contributed by atoms with Gasteiger partial charge >= 0.3 is 0 Å². The number of nitrogens with zero attached hydrogens (tertiary/aromatic N) is 5. The molecule has 0 bridgehead atoms. The number of anilines is 1. The van der Waals surface area contributed by atoms with Gasteiger partial charge in [-0.15, -0.1) is 10.2 Å². The SMILES string of the molecule is CN(C)c1ccc(OC2CCCN(C(=O)c3cc(-c4ccccc4)n[nH]3)C2)nn1. The highest BCUT2D eigenvalue weighted by Gasteiger charge is 2.27. The van der Waals surface area contributed by atoms with Gasteiger partial charge in [0.1, 0.15) is 11.8 Å². The summed E-state index contributed by atoms with van der Waals surface area (Å²) in [5.74, 6) is 1.18. The highest BCUT2D eigenvalue weighted by atomic mass is 16.5. The molecule has 8 nitrogen and oxygen atoms in total. The van der Waals surface area contributed by atoms with Crippen molar-refractivity contribution in [3.05, 3.63) is 54.2 Å². The number of aromatic nitrogens is 4. The largest absolute Gasteiger partial charge is 0.471 e. The number of amides is 1. The van der Waals surface area contributed by atoms with E-state index >= 15 is 0 Å². The Morgan fingerprint density at radius 2 is 2.00 bits per heavy atom. The fraction of sp³-hybridized carbons (Fsp3) is 0.333. The van der Waals surface area contributed by atoms with Crippen molar-refractivity contribution in [1.29, 1.82) is 0 Å². The number of benzene rings is 1. The highest BCUT2D eigenvalue weighted by molar-refractivity contribution is 5.93. The fourth-order valence-corrected chi connectivity index (χ4v) is 3.36. The second-order valence-electron chi connectivity index (χ2n) is 7.29. The van der Waals surface area contributed by atoms with E-state index in [1.54, 1.807) is 11.0 Å². The quantitative estimate of drug-likeness (QED) is 0.718. The van der Waals surface area contributed by atoms with Gasteiger partial charge in [-0.2, -0.15) is 5.10 Å². The highest BCUT2D eigenvalue weighted by Crippen LogP contribution is 2.21. The van der Waals surface area contributed by atoms with Crippen LogP contribution in [0.3, 0.4) is 0 Å². The molecule has 0 radical (unpaired) electrons. The summed E-state index contributed by atoms with van der Waals surface area (Å²) in [5.41, 5.74) is 2.22. The summed E-state index contributed by atoms with van der Waals surface area (Å²) >= 11 is 0. The van der Waals surface area contributed by atoms with E-state index in [9.17, 15) is 4.79 Å². The first kappa shape index (κ1) is 18.9. The number of hydrogen-bond acceptors (Lipinski definition) is 6. The number of likely N-dealkylation sites (tertiary alicyclic amines) is 1. The van der Waals surface area contributed by atoms with Crippen molar-refractivity contribution in [2.75, 3.05) is 32.1 Å². The molecule has 8 heteroatoms. The standard InChI is InChI=1S/C21H24N6O2/c1-26(2)19-10-11-20(25-24-19)29-16-9-6-12-27(14-16)21(28)18-13-17(22-23-18)15-7-4-3-5-8-15/h3-5,7-8,10-11,13,16H,6,9,12,14H2,1-2H3,(H,22,23). The maximum absolute atomic E-state index is 12.9. The van der Waals surface area contributed by atoms with Gasteiger partial charge in [-0.1, -0.05) is 30.3 Å². The molecule has 29 heavy (non-hydrogen) atoms. The predicted octanol–water partition coefficient (Wildman–Crippen LogP) is 2.62. The van der Waals surface area contributed by atoms with E-state index in [0.29, 0.717) is 24.7 Å². The third-order valence-electron chi connectivity index (χ3n) is 4.91. The average Bonchev–Trinajstić information content (AvgIpc) is 3.25. The van der Waals surface area contributed by atoms with E-state index in [-0.39, 0.29) is 12.0 Å². The Balaban J connectivity index is 1.40. The topological polar surface area (TPSA) is 87.2 Å². The minimum atomic E-state index is -0.108. The van der Waals surface area contributed by atoms with Crippen molar-refractivity contribution in [1.82, 2.24) is 25.3 Å². The molecule has 0 saturated carbocycles. The van der Waals surface area contributed by atoms with Gasteiger partial charge in [0.15, 0.2) is 5.82 Å². The lowest BCUT2D eigenvalue weighted by Gasteiger charge is -2.32. The van der Waals surface area contributed by atoms with E-state index in [4.69, 9.17) is 4.74 Å². The van der Waals surface area contributed by atoms with Crippen LogP contribution in [0.15, 0.2) is 48.5 Å². The molecule has 1 saturated heterocycles. The second kappa shape index (κ2) is 8.30. The molecule has 1 unspecified atom stereocenters. The summed E-state index contributed by atoms with van der Waals surface area (Å²) < 4.78 is 5.97. The minimum absolute atomic E-state index is 0.0676. The van der Waals surface area contributed by atoms with Gasteiger partial charge in [0.05, 0.1) is 12.2 Å². The second-order valence-corrected chi connectivity index (χ2v) is 7.29. The van der Waals surface area contributed by atoms with Gasteiger partial charge in [-0.05, 0) is 25.0 Å². The van der Waals surface area contributed by atoms with Crippen molar-refractivity contribution in [3.8, 4) is 17.1 Å². The Kier molecular flexibility index (Phi) is 5.41. The summed E-state index contributed by atoms with van der Waals surface area (Å²) in [6.07, 6.45) is 1.64. The number of hydrogen-bond donors (Lipinski definition) is 1. The smallest absolute Gasteiger partial charge is 0.272 e. The zero-order valence-electron chi connectivity index (χ0n) is 16.6. The summed E-state index contributed by atoms with van der Waals surface area (Å²) in [4.78, 5) is 16.6. The van der Waals surface area contributed by atoms with E-state index in [0.717, 1.165) is 29.9 Å². The van der Waals surface area contributed by atoms with Gasteiger partial charge < -0.3 is 14.5 Å². The Labute approximate surface area is 169 Å². The van der Waals surface area contributed by atoms with Crippen molar-refractivity contribution in [2.45, 2.75) is 18.9 Å². The van der Waals surface area contributed by atoms with Crippen molar-refractivity contribution in [3.63, 3.8) is 0 Å². The van der Waals surface area contributed by atoms with Crippen LogP contribution < -0.4 is 9.64 Å². The molecule has 1 aliphatic rings. The predicted molar refractivity (Wildman–Crippen MR) is 110 cm³/mol. The molecule has 1 aromatic carbocycles. The minimum Gasteiger partial charge on any atom is -0.471 e. The normalized spacial score (nSPS) is 16.5. The molecule has 1 fully saturated rings. The number of nitrogens with one attached hydrogen (secondary N) is 1. The summed E-state index contributed by atoms with van der Waals surface area (Å²) in [7, 11) is 3.82. The van der Waals surface area contributed by atoms with E-state index in [2.05, 4.69) is 20.4 Å². The van der Waals surface area contributed by atoms with Crippen LogP contribution in [0.2, 0.25) is 0 Å². The van der Waals surface area contributed by atoms with Crippen LogP contribution in [0.25, 0.3) is 11.3 Å². The Morgan fingerprint density at radius 3 is 2.72 bits per heavy atom. The molecule has 3 aromatic rings. The number of ether oxygens (including phenoxy) is 1. The summed E-state index contributed by atoms with van der Waals surface area (Å²) in [6.45, 7) is 1.21. The zero-order chi connectivity index (χ0) is 20.2. The third-order valence-corrected chi connectivity index (χ3v) is 4.91. The average molecular weight is 392 g/mol. The van der Waals surface area contributed by atoms with Gasteiger partial charge in [0.25, 0.3) is 5.91 Å². The van der Waals surface area contributed by atoms with Gasteiger partial charge in [0.2, 0.25) is 5.88 Å². The van der Waals surface area contributed by atoms with Crippen LogP contribution in [0.4, 0.5) is 5.82 Å². The van der Waals surface area contributed by atoms with Crippen LogP contribution in [0.1, 0.15) is 23.3 Å². The summed E-state index contributed by atoms with van der Waals surface area (Å²) in [5, 5.41) is 15.4. The Morgan fingerprint density at radius 1 is 1.17 bits per heavy atom. The van der Waals surface area contributed by atoms with Crippen LogP contribution in [0.5, 0.6) is 5.88 Å².